The van der Waals surface area contributed by atoms with Gasteiger partial charge in [0.15, 0.2) is 0 Å². The van der Waals surface area contributed by atoms with Gasteiger partial charge in [-0.05, 0) is 38.5 Å². The summed E-state index contributed by atoms with van der Waals surface area (Å²) in [7, 11) is 1.64. The highest BCUT2D eigenvalue weighted by molar-refractivity contribution is 6.32. The van der Waals surface area contributed by atoms with Crippen LogP contribution in [0.15, 0.2) is 18.2 Å². The van der Waals surface area contributed by atoms with Gasteiger partial charge in [-0.3, -0.25) is 0 Å². The van der Waals surface area contributed by atoms with Crippen LogP contribution in [0.1, 0.15) is 27.2 Å². The first kappa shape index (κ1) is 14.5. The summed E-state index contributed by atoms with van der Waals surface area (Å²) in [4.78, 5) is 2.45. The monoisotopic (exact) mass is 282 g/mol. The minimum atomic E-state index is 0.123. The minimum Gasteiger partial charge on any atom is -0.495 e. The Morgan fingerprint density at radius 1 is 1.47 bits per heavy atom. The Morgan fingerprint density at radius 3 is 2.79 bits per heavy atom. The molecule has 1 aromatic carbocycles. The maximum atomic E-state index is 6.24. The van der Waals surface area contributed by atoms with E-state index in [1.165, 1.54) is 5.69 Å². The van der Waals surface area contributed by atoms with Gasteiger partial charge in [-0.25, -0.2) is 0 Å². The summed E-state index contributed by atoms with van der Waals surface area (Å²) in [5.41, 5.74) is 1.30. The average molecular weight is 283 g/mol. The summed E-state index contributed by atoms with van der Waals surface area (Å²) in [6, 6.07) is 6.55. The highest BCUT2D eigenvalue weighted by atomic mass is 35.5. The van der Waals surface area contributed by atoms with Crippen molar-refractivity contribution in [3.05, 3.63) is 23.2 Å². The largest absolute Gasteiger partial charge is 0.495 e. The maximum Gasteiger partial charge on any atom is 0.137 e. The van der Waals surface area contributed by atoms with Gasteiger partial charge in [0.2, 0.25) is 0 Å². The van der Waals surface area contributed by atoms with E-state index >= 15 is 0 Å². The van der Waals surface area contributed by atoms with Crippen LogP contribution in [0.2, 0.25) is 5.02 Å². The van der Waals surface area contributed by atoms with Gasteiger partial charge < -0.3 is 15.0 Å². The van der Waals surface area contributed by atoms with Crippen LogP contribution in [0.4, 0.5) is 5.69 Å². The summed E-state index contributed by atoms with van der Waals surface area (Å²) >= 11 is 6.24. The van der Waals surface area contributed by atoms with E-state index in [2.05, 4.69) is 37.1 Å². The molecule has 0 aliphatic carbocycles. The topological polar surface area (TPSA) is 24.5 Å². The minimum absolute atomic E-state index is 0.123. The first-order valence-electron chi connectivity index (χ1n) is 6.82. The number of nitrogens with one attached hydrogen (secondary N) is 1. The van der Waals surface area contributed by atoms with Crippen LogP contribution in [0.25, 0.3) is 0 Å². The van der Waals surface area contributed by atoms with Gasteiger partial charge >= 0.3 is 0 Å². The molecule has 1 saturated heterocycles. The molecular weight excluding hydrogens is 260 g/mol. The summed E-state index contributed by atoms with van der Waals surface area (Å²) in [6.45, 7) is 8.68. The number of hydrogen-bond donors (Lipinski definition) is 1. The second kappa shape index (κ2) is 5.59. The molecule has 0 spiro atoms. The number of halogens is 1. The number of ether oxygens (including phenoxy) is 1. The van der Waals surface area contributed by atoms with Crippen molar-refractivity contribution in [3.8, 4) is 5.75 Å². The molecule has 1 aliphatic heterocycles. The SMILES string of the molecule is CCC1CNC(C)(C)CN1c1ccc(OC)c(Cl)c1. The number of piperazine rings is 1. The molecule has 1 N–H and O–H groups in total. The first-order chi connectivity index (χ1) is 8.96. The Balaban J connectivity index is 2.29. The van der Waals surface area contributed by atoms with Crippen LogP contribution < -0.4 is 15.0 Å². The molecule has 0 radical (unpaired) electrons. The van der Waals surface area contributed by atoms with Crippen molar-refractivity contribution in [2.45, 2.75) is 38.8 Å². The third kappa shape index (κ3) is 3.15. The van der Waals surface area contributed by atoms with E-state index in [1.807, 2.05) is 12.1 Å². The van der Waals surface area contributed by atoms with E-state index in [1.54, 1.807) is 7.11 Å². The lowest BCUT2D eigenvalue weighted by Crippen LogP contribution is -2.61. The third-order valence-electron chi connectivity index (χ3n) is 3.76. The van der Waals surface area contributed by atoms with Crippen molar-refractivity contribution in [1.82, 2.24) is 5.32 Å². The number of hydrogen-bond acceptors (Lipinski definition) is 3. The molecule has 106 valence electrons. The fraction of sp³-hybridized carbons (Fsp3) is 0.600. The van der Waals surface area contributed by atoms with Gasteiger partial charge in [0, 0.05) is 30.4 Å². The lowest BCUT2D eigenvalue weighted by Gasteiger charge is -2.46. The molecule has 0 amide bonds. The Bertz CT molecular complexity index is 448. The zero-order valence-electron chi connectivity index (χ0n) is 12.2. The highest BCUT2D eigenvalue weighted by Crippen LogP contribution is 2.32. The molecule has 1 heterocycles. The molecule has 4 heteroatoms. The third-order valence-corrected chi connectivity index (χ3v) is 4.06. The molecule has 1 aromatic rings. The predicted molar refractivity (Wildman–Crippen MR) is 81.5 cm³/mol. The van der Waals surface area contributed by atoms with Crippen molar-refractivity contribution in [3.63, 3.8) is 0 Å². The quantitative estimate of drug-likeness (QED) is 0.920. The molecule has 1 fully saturated rings. The smallest absolute Gasteiger partial charge is 0.137 e. The molecule has 0 bridgehead atoms. The van der Waals surface area contributed by atoms with Crippen LogP contribution in [0.3, 0.4) is 0 Å². The van der Waals surface area contributed by atoms with Crippen LogP contribution in [0, 0.1) is 0 Å². The van der Waals surface area contributed by atoms with Gasteiger partial charge in [0.05, 0.1) is 12.1 Å². The molecular formula is C15H23ClN2O. The van der Waals surface area contributed by atoms with Gasteiger partial charge in [-0.15, -0.1) is 0 Å². The van der Waals surface area contributed by atoms with E-state index in [0.29, 0.717) is 11.1 Å². The van der Waals surface area contributed by atoms with Crippen molar-refractivity contribution >= 4 is 17.3 Å². The van der Waals surface area contributed by atoms with Gasteiger partial charge in [-0.2, -0.15) is 0 Å². The van der Waals surface area contributed by atoms with E-state index < -0.39 is 0 Å². The van der Waals surface area contributed by atoms with Crippen LogP contribution in [-0.4, -0.2) is 31.8 Å². The predicted octanol–water partition coefficient (Wildman–Crippen LogP) is 3.32. The maximum absolute atomic E-state index is 6.24. The van der Waals surface area contributed by atoms with Crippen molar-refractivity contribution in [2.75, 3.05) is 25.1 Å². The van der Waals surface area contributed by atoms with E-state index in [4.69, 9.17) is 16.3 Å². The summed E-state index contributed by atoms with van der Waals surface area (Å²) in [5.74, 6) is 0.729. The van der Waals surface area contributed by atoms with Crippen LogP contribution >= 0.6 is 11.6 Å². The number of anilines is 1. The molecule has 3 nitrogen and oxygen atoms in total. The molecule has 1 unspecified atom stereocenters. The highest BCUT2D eigenvalue weighted by Gasteiger charge is 2.31. The van der Waals surface area contributed by atoms with Crippen molar-refractivity contribution in [2.24, 2.45) is 0 Å². The van der Waals surface area contributed by atoms with Crippen LogP contribution in [0.5, 0.6) is 5.75 Å². The fourth-order valence-electron chi connectivity index (χ4n) is 2.62. The summed E-state index contributed by atoms with van der Waals surface area (Å²) in [5, 5.41) is 4.27. The summed E-state index contributed by atoms with van der Waals surface area (Å²) < 4.78 is 5.22. The van der Waals surface area contributed by atoms with E-state index in [9.17, 15) is 0 Å². The second-order valence-corrected chi connectivity index (χ2v) is 6.18. The normalized spacial score (nSPS) is 22.4. The van der Waals surface area contributed by atoms with Gasteiger partial charge in [0.1, 0.15) is 5.75 Å². The zero-order chi connectivity index (χ0) is 14.0. The zero-order valence-corrected chi connectivity index (χ0v) is 12.9. The van der Waals surface area contributed by atoms with Crippen molar-refractivity contribution < 1.29 is 4.74 Å². The lowest BCUT2D eigenvalue weighted by molar-refractivity contribution is 0.306. The average Bonchev–Trinajstić information content (AvgIpc) is 2.37. The Labute approximate surface area is 120 Å². The van der Waals surface area contributed by atoms with Gasteiger partial charge in [0.25, 0.3) is 0 Å². The Morgan fingerprint density at radius 2 is 2.21 bits per heavy atom. The molecule has 1 atom stereocenters. The molecule has 1 aliphatic rings. The summed E-state index contributed by atoms with van der Waals surface area (Å²) in [6.07, 6.45) is 1.12. The van der Waals surface area contributed by atoms with Gasteiger partial charge in [-0.1, -0.05) is 18.5 Å². The van der Waals surface area contributed by atoms with Crippen molar-refractivity contribution in [1.29, 1.82) is 0 Å². The Hall–Kier alpha value is -0.930. The molecule has 2 rings (SSSR count). The molecule has 0 saturated carbocycles. The number of nitrogens with zero attached hydrogens (tertiary/aromatic N) is 1. The van der Waals surface area contributed by atoms with E-state index in [0.717, 1.165) is 25.3 Å². The van der Waals surface area contributed by atoms with Crippen LogP contribution in [-0.2, 0) is 0 Å². The second-order valence-electron chi connectivity index (χ2n) is 5.77. The lowest BCUT2D eigenvalue weighted by atomic mass is 9.97. The number of methoxy groups -OCH3 is 1. The Kier molecular flexibility index (Phi) is 4.26. The fourth-order valence-corrected chi connectivity index (χ4v) is 2.87. The molecule has 19 heavy (non-hydrogen) atoms. The van der Waals surface area contributed by atoms with E-state index in [-0.39, 0.29) is 5.54 Å². The first-order valence-corrected chi connectivity index (χ1v) is 7.20. The molecule has 0 aromatic heterocycles. The number of benzene rings is 1. The number of rotatable bonds is 3. The standard InChI is InChI=1S/C15H23ClN2O/c1-5-11-9-17-15(2,3)10-18(11)12-6-7-14(19-4)13(16)8-12/h6-8,11,17H,5,9-10H2,1-4H3.